The van der Waals surface area contributed by atoms with Crippen molar-refractivity contribution in [3.63, 3.8) is 0 Å². The summed E-state index contributed by atoms with van der Waals surface area (Å²) in [5.74, 6) is 2.94. The molecule has 3 rings (SSSR count). The van der Waals surface area contributed by atoms with Crippen molar-refractivity contribution in [3.8, 4) is 22.8 Å². The van der Waals surface area contributed by atoms with Gasteiger partial charge in [-0.1, -0.05) is 65.3 Å². The number of thioether (sulfide) groups is 1. The molecule has 3 aromatic rings. The van der Waals surface area contributed by atoms with Gasteiger partial charge in [0.15, 0.2) is 11.0 Å². The van der Waals surface area contributed by atoms with Gasteiger partial charge in [0, 0.05) is 15.8 Å². The molecule has 26 heavy (non-hydrogen) atoms. The van der Waals surface area contributed by atoms with Crippen LogP contribution >= 0.6 is 39.3 Å². The van der Waals surface area contributed by atoms with Crippen LogP contribution in [0.4, 0.5) is 0 Å². The average molecular weight is 453 g/mol. The predicted octanol–water partition coefficient (Wildman–Crippen LogP) is 6.11. The van der Waals surface area contributed by atoms with E-state index in [-0.39, 0.29) is 0 Å². The largest absolute Gasteiger partial charge is 0.495 e. The first-order valence-corrected chi connectivity index (χ1v) is 10.3. The van der Waals surface area contributed by atoms with Crippen molar-refractivity contribution in [1.82, 2.24) is 14.8 Å². The summed E-state index contributed by atoms with van der Waals surface area (Å²) in [5, 5.41) is 10.3. The van der Waals surface area contributed by atoms with Crippen LogP contribution in [0.1, 0.15) is 13.8 Å². The Kier molecular flexibility index (Phi) is 6.27. The molecule has 0 saturated heterocycles. The van der Waals surface area contributed by atoms with Gasteiger partial charge in [0.2, 0.25) is 0 Å². The fourth-order valence-electron chi connectivity index (χ4n) is 2.42. The second-order valence-electron chi connectivity index (χ2n) is 6.17. The summed E-state index contributed by atoms with van der Waals surface area (Å²) >= 11 is 11.5. The van der Waals surface area contributed by atoms with E-state index in [0.29, 0.717) is 16.7 Å². The highest BCUT2D eigenvalue weighted by atomic mass is 79.9. The molecule has 0 aliphatic rings. The fraction of sp³-hybridized carbons (Fsp3) is 0.263. The van der Waals surface area contributed by atoms with Crippen molar-refractivity contribution in [2.45, 2.75) is 19.0 Å². The number of rotatable bonds is 6. The molecule has 2 aromatic carbocycles. The number of ether oxygens (including phenoxy) is 1. The van der Waals surface area contributed by atoms with Crippen LogP contribution in [0.15, 0.2) is 52.1 Å². The van der Waals surface area contributed by atoms with Gasteiger partial charge in [-0.3, -0.25) is 4.57 Å². The number of nitrogens with zero attached hydrogens (tertiary/aromatic N) is 3. The molecule has 1 heterocycles. The zero-order valence-corrected chi connectivity index (χ0v) is 17.9. The number of aromatic nitrogens is 3. The third-order valence-corrected chi connectivity index (χ3v) is 5.85. The lowest BCUT2D eigenvalue weighted by Crippen LogP contribution is -2.01. The van der Waals surface area contributed by atoms with Crippen LogP contribution in [0.3, 0.4) is 0 Å². The maximum absolute atomic E-state index is 6.35. The standard InChI is InChI=1S/C19H19BrClN3OS/c1-12(2)11-26-19-23-22-18(13-4-6-14(20)7-5-13)24(19)15-8-9-17(25-3)16(21)10-15/h4-10,12H,11H2,1-3H3. The first-order valence-electron chi connectivity index (χ1n) is 8.17. The molecule has 7 heteroatoms. The van der Waals surface area contributed by atoms with Crippen LogP contribution in [-0.2, 0) is 0 Å². The lowest BCUT2D eigenvalue weighted by Gasteiger charge is -2.13. The quantitative estimate of drug-likeness (QED) is 0.423. The van der Waals surface area contributed by atoms with E-state index in [9.17, 15) is 0 Å². The monoisotopic (exact) mass is 451 g/mol. The molecule has 136 valence electrons. The summed E-state index contributed by atoms with van der Waals surface area (Å²) in [6, 6.07) is 13.7. The molecule has 0 atom stereocenters. The maximum atomic E-state index is 6.35. The number of halogens is 2. The smallest absolute Gasteiger partial charge is 0.196 e. The number of benzene rings is 2. The highest BCUT2D eigenvalue weighted by Gasteiger charge is 2.17. The fourth-order valence-corrected chi connectivity index (χ4v) is 3.84. The molecule has 0 spiro atoms. The van der Waals surface area contributed by atoms with Gasteiger partial charge in [-0.15, -0.1) is 10.2 Å². The Morgan fingerprint density at radius 2 is 1.88 bits per heavy atom. The summed E-state index contributed by atoms with van der Waals surface area (Å²) in [7, 11) is 1.61. The number of methoxy groups -OCH3 is 1. The van der Waals surface area contributed by atoms with Gasteiger partial charge in [-0.25, -0.2) is 0 Å². The van der Waals surface area contributed by atoms with Crippen molar-refractivity contribution in [3.05, 3.63) is 52.0 Å². The van der Waals surface area contributed by atoms with E-state index in [0.717, 1.165) is 32.5 Å². The minimum Gasteiger partial charge on any atom is -0.495 e. The summed E-state index contributed by atoms with van der Waals surface area (Å²) < 4.78 is 8.34. The van der Waals surface area contributed by atoms with E-state index in [1.54, 1.807) is 18.9 Å². The Balaban J connectivity index is 2.11. The topological polar surface area (TPSA) is 39.9 Å². The average Bonchev–Trinajstić information content (AvgIpc) is 3.04. The number of hydrogen-bond donors (Lipinski definition) is 0. The van der Waals surface area contributed by atoms with Gasteiger partial charge in [0.05, 0.1) is 17.8 Å². The van der Waals surface area contributed by atoms with Crippen LogP contribution in [0.5, 0.6) is 5.75 Å². The van der Waals surface area contributed by atoms with Gasteiger partial charge < -0.3 is 4.74 Å². The maximum Gasteiger partial charge on any atom is 0.196 e. The molecule has 0 N–H and O–H groups in total. The lowest BCUT2D eigenvalue weighted by atomic mass is 10.2. The minimum atomic E-state index is 0.556. The Morgan fingerprint density at radius 1 is 1.15 bits per heavy atom. The Labute approximate surface area is 171 Å². The molecule has 0 unspecified atom stereocenters. The first kappa shape index (κ1) is 19.3. The molecule has 0 aliphatic heterocycles. The first-order chi connectivity index (χ1) is 12.5. The molecule has 0 aliphatic carbocycles. The Hall–Kier alpha value is -1.50. The molecule has 0 bridgehead atoms. The summed E-state index contributed by atoms with van der Waals surface area (Å²) in [4.78, 5) is 0. The van der Waals surface area contributed by atoms with Crippen LogP contribution < -0.4 is 4.74 Å². The van der Waals surface area contributed by atoms with Crippen LogP contribution in [0.25, 0.3) is 17.1 Å². The zero-order chi connectivity index (χ0) is 18.7. The molecule has 1 aromatic heterocycles. The third kappa shape index (κ3) is 4.24. The third-order valence-electron chi connectivity index (χ3n) is 3.68. The van der Waals surface area contributed by atoms with Gasteiger partial charge in [0.1, 0.15) is 5.75 Å². The molecular formula is C19H19BrClN3OS. The molecule has 0 fully saturated rings. The molecule has 0 amide bonds. The SMILES string of the molecule is COc1ccc(-n2c(SCC(C)C)nnc2-c2ccc(Br)cc2)cc1Cl. The van der Waals surface area contributed by atoms with Gasteiger partial charge >= 0.3 is 0 Å². The minimum absolute atomic E-state index is 0.556. The van der Waals surface area contributed by atoms with Crippen LogP contribution in [0.2, 0.25) is 5.02 Å². The van der Waals surface area contributed by atoms with E-state index in [1.165, 1.54) is 0 Å². The normalized spacial score (nSPS) is 11.2. The van der Waals surface area contributed by atoms with E-state index in [1.807, 2.05) is 47.0 Å². The molecule has 0 radical (unpaired) electrons. The van der Waals surface area contributed by atoms with Crippen molar-refractivity contribution in [1.29, 1.82) is 0 Å². The Morgan fingerprint density at radius 3 is 2.50 bits per heavy atom. The van der Waals surface area contributed by atoms with E-state index < -0.39 is 0 Å². The summed E-state index contributed by atoms with van der Waals surface area (Å²) in [6.07, 6.45) is 0. The van der Waals surface area contributed by atoms with Crippen molar-refractivity contribution in [2.75, 3.05) is 12.9 Å². The van der Waals surface area contributed by atoms with Gasteiger partial charge in [-0.05, 0) is 36.2 Å². The van der Waals surface area contributed by atoms with Crippen LogP contribution in [-0.4, -0.2) is 27.6 Å². The van der Waals surface area contributed by atoms with Crippen molar-refractivity contribution in [2.24, 2.45) is 5.92 Å². The zero-order valence-electron chi connectivity index (χ0n) is 14.7. The lowest BCUT2D eigenvalue weighted by molar-refractivity contribution is 0.415. The van der Waals surface area contributed by atoms with Gasteiger partial charge in [0.25, 0.3) is 0 Å². The van der Waals surface area contributed by atoms with Gasteiger partial charge in [-0.2, -0.15) is 0 Å². The summed E-state index contributed by atoms with van der Waals surface area (Å²) in [5.41, 5.74) is 1.90. The second kappa shape index (κ2) is 8.46. The highest BCUT2D eigenvalue weighted by Crippen LogP contribution is 2.33. The predicted molar refractivity (Wildman–Crippen MR) is 112 cm³/mol. The van der Waals surface area contributed by atoms with E-state index >= 15 is 0 Å². The molecule has 0 saturated carbocycles. The molecule has 4 nitrogen and oxygen atoms in total. The van der Waals surface area contributed by atoms with Crippen molar-refractivity contribution >= 4 is 39.3 Å². The van der Waals surface area contributed by atoms with Crippen molar-refractivity contribution < 1.29 is 4.74 Å². The van der Waals surface area contributed by atoms with E-state index in [4.69, 9.17) is 16.3 Å². The summed E-state index contributed by atoms with van der Waals surface area (Å²) in [6.45, 7) is 4.38. The van der Waals surface area contributed by atoms with E-state index in [2.05, 4.69) is 40.0 Å². The van der Waals surface area contributed by atoms with Crippen LogP contribution in [0, 0.1) is 5.92 Å². The second-order valence-corrected chi connectivity index (χ2v) is 8.48. The Bertz CT molecular complexity index is 896. The number of hydrogen-bond acceptors (Lipinski definition) is 4. The molecular weight excluding hydrogens is 434 g/mol. The highest BCUT2D eigenvalue weighted by molar-refractivity contribution is 9.10.